The highest BCUT2D eigenvalue weighted by molar-refractivity contribution is 5.86. The Hall–Kier alpha value is -2.64. The van der Waals surface area contributed by atoms with Gasteiger partial charge in [-0.15, -0.1) is 0 Å². The van der Waals surface area contributed by atoms with Gasteiger partial charge in [0.05, 0.1) is 5.92 Å². The van der Waals surface area contributed by atoms with Crippen LogP contribution in [0.1, 0.15) is 42.9 Å². The van der Waals surface area contributed by atoms with E-state index in [1.807, 2.05) is 4.90 Å². The van der Waals surface area contributed by atoms with Gasteiger partial charge in [-0.2, -0.15) is 0 Å². The Bertz CT molecular complexity index is 764. The number of piperidine rings is 1. The first-order chi connectivity index (χ1) is 13.4. The molecule has 2 aliphatic rings. The van der Waals surface area contributed by atoms with E-state index in [1.165, 1.54) is 18.2 Å². The summed E-state index contributed by atoms with van der Waals surface area (Å²) in [5, 5.41) is 12.1. The number of urea groups is 1. The van der Waals surface area contributed by atoms with Gasteiger partial charge in [0, 0.05) is 26.2 Å². The Kier molecular flexibility index (Phi) is 6.16. The summed E-state index contributed by atoms with van der Waals surface area (Å²) in [5.41, 5.74) is 0.638. The Morgan fingerprint density at radius 2 is 1.82 bits per heavy atom. The van der Waals surface area contributed by atoms with Crippen LogP contribution in [0.5, 0.6) is 0 Å². The number of hydrogen-bond acceptors (Lipinski definition) is 3. The van der Waals surface area contributed by atoms with E-state index in [1.54, 1.807) is 11.8 Å². The molecule has 2 fully saturated rings. The van der Waals surface area contributed by atoms with Crippen LogP contribution in [0.15, 0.2) is 18.2 Å². The van der Waals surface area contributed by atoms with E-state index in [2.05, 4.69) is 5.32 Å². The van der Waals surface area contributed by atoms with E-state index in [0.717, 1.165) is 25.9 Å². The predicted molar refractivity (Wildman–Crippen MR) is 100 cm³/mol. The van der Waals surface area contributed by atoms with Crippen LogP contribution >= 0.6 is 0 Å². The van der Waals surface area contributed by atoms with E-state index in [4.69, 9.17) is 0 Å². The molecule has 2 unspecified atom stereocenters. The second kappa shape index (κ2) is 8.58. The maximum atomic E-state index is 13.5. The number of rotatable bonds is 4. The predicted octanol–water partition coefficient (Wildman–Crippen LogP) is 2.30. The number of amides is 3. The van der Waals surface area contributed by atoms with Crippen molar-refractivity contribution in [3.63, 3.8) is 0 Å². The fraction of sp³-hybridized carbons (Fsp3) is 0.550. The largest absolute Gasteiger partial charge is 0.479 e. The van der Waals surface area contributed by atoms with Crippen LogP contribution in [-0.4, -0.2) is 59.0 Å². The molecule has 8 heteroatoms. The summed E-state index contributed by atoms with van der Waals surface area (Å²) in [6.07, 6.45) is 3.30. The number of carbonyl (C=O) groups is 3. The molecule has 7 nitrogen and oxygen atoms in total. The zero-order valence-corrected chi connectivity index (χ0v) is 16.0. The molecule has 1 aromatic rings. The minimum absolute atomic E-state index is 0.0426. The number of nitrogens with one attached hydrogen (secondary N) is 1. The lowest BCUT2D eigenvalue weighted by molar-refractivity contribution is -0.143. The van der Waals surface area contributed by atoms with E-state index in [-0.39, 0.29) is 12.6 Å². The smallest absolute Gasteiger partial charge is 0.330 e. The zero-order valence-electron chi connectivity index (χ0n) is 16.0. The van der Waals surface area contributed by atoms with Gasteiger partial charge < -0.3 is 20.2 Å². The first kappa shape index (κ1) is 20.1. The number of benzene rings is 1. The molecule has 2 saturated heterocycles. The van der Waals surface area contributed by atoms with E-state index in [9.17, 15) is 23.9 Å². The molecular formula is C20H26FN3O4. The number of halogens is 1. The molecule has 2 heterocycles. The number of hydrogen-bond donors (Lipinski definition) is 2. The molecule has 28 heavy (non-hydrogen) atoms. The number of nitrogens with zero attached hydrogens (tertiary/aromatic N) is 2. The lowest BCUT2D eigenvalue weighted by atomic mass is 9.96. The third kappa shape index (κ3) is 4.43. The molecule has 0 spiro atoms. The minimum Gasteiger partial charge on any atom is -0.479 e. The van der Waals surface area contributed by atoms with Gasteiger partial charge in [-0.3, -0.25) is 4.79 Å². The van der Waals surface area contributed by atoms with E-state index < -0.39 is 29.7 Å². The summed E-state index contributed by atoms with van der Waals surface area (Å²) < 4.78 is 13.5. The maximum Gasteiger partial charge on any atom is 0.330 e. The fourth-order valence-corrected chi connectivity index (χ4v) is 3.87. The topological polar surface area (TPSA) is 90.0 Å². The second-order valence-electron chi connectivity index (χ2n) is 7.55. The highest BCUT2D eigenvalue weighted by Crippen LogP contribution is 2.22. The average Bonchev–Trinajstić information content (AvgIpc) is 3.22. The molecular weight excluding hydrogens is 365 g/mol. The van der Waals surface area contributed by atoms with Gasteiger partial charge in [-0.05, 0) is 49.8 Å². The van der Waals surface area contributed by atoms with Crippen LogP contribution in [0.25, 0.3) is 0 Å². The van der Waals surface area contributed by atoms with E-state index >= 15 is 0 Å². The minimum atomic E-state index is -1.25. The molecule has 0 saturated carbocycles. The third-order valence-corrected chi connectivity index (χ3v) is 5.49. The molecule has 3 rings (SSSR count). The summed E-state index contributed by atoms with van der Waals surface area (Å²) in [6.45, 7) is 3.94. The Morgan fingerprint density at radius 1 is 1.14 bits per heavy atom. The SMILES string of the molecule is Cc1cc(C(NC(=O)C2CCCN(C(=O)N3CCCC3)C2)C(=O)O)ccc1F. The monoisotopic (exact) mass is 391 g/mol. The lowest BCUT2D eigenvalue weighted by Crippen LogP contribution is -2.50. The standard InChI is InChI=1S/C20H26FN3O4/c1-13-11-14(6-7-16(13)21)17(19(26)27)22-18(25)15-5-4-10-24(12-15)20(28)23-8-2-3-9-23/h6-7,11,15,17H,2-5,8-10,12H2,1H3,(H,22,25)(H,26,27). The highest BCUT2D eigenvalue weighted by Gasteiger charge is 2.33. The summed E-state index contributed by atoms with van der Waals surface area (Å²) in [4.78, 5) is 40.5. The molecule has 2 aliphatic heterocycles. The van der Waals surface area contributed by atoms with Crippen molar-refractivity contribution >= 4 is 17.9 Å². The van der Waals surface area contributed by atoms with Crippen LogP contribution in [0.4, 0.5) is 9.18 Å². The Balaban J connectivity index is 1.66. The molecule has 0 aliphatic carbocycles. The number of carboxylic acids is 1. The summed E-state index contributed by atoms with van der Waals surface area (Å²) >= 11 is 0. The van der Waals surface area contributed by atoms with Crippen LogP contribution < -0.4 is 5.32 Å². The zero-order chi connectivity index (χ0) is 20.3. The maximum absolute atomic E-state index is 13.5. The number of likely N-dealkylation sites (tertiary alicyclic amines) is 2. The van der Waals surface area contributed by atoms with Gasteiger partial charge in [0.15, 0.2) is 6.04 Å². The summed E-state index contributed by atoms with van der Waals surface area (Å²) in [7, 11) is 0. The Morgan fingerprint density at radius 3 is 2.46 bits per heavy atom. The fourth-order valence-electron chi connectivity index (χ4n) is 3.87. The molecule has 0 aromatic heterocycles. The molecule has 3 amide bonds. The number of carboxylic acid groups (broad SMARTS) is 1. The van der Waals surface area contributed by atoms with Crippen LogP contribution in [0.2, 0.25) is 0 Å². The second-order valence-corrected chi connectivity index (χ2v) is 7.55. The summed E-state index contributed by atoms with van der Waals surface area (Å²) in [5.74, 6) is -2.49. The molecule has 2 atom stereocenters. The van der Waals surface area contributed by atoms with Crippen molar-refractivity contribution in [2.75, 3.05) is 26.2 Å². The Labute approximate surface area is 163 Å². The lowest BCUT2D eigenvalue weighted by Gasteiger charge is -2.35. The number of aryl methyl sites for hydroxylation is 1. The van der Waals surface area contributed by atoms with E-state index in [0.29, 0.717) is 30.5 Å². The van der Waals surface area contributed by atoms with Crippen molar-refractivity contribution < 1.29 is 23.9 Å². The number of carbonyl (C=O) groups excluding carboxylic acids is 2. The first-order valence-corrected chi connectivity index (χ1v) is 9.70. The van der Waals surface area contributed by atoms with Gasteiger partial charge in [0.25, 0.3) is 0 Å². The molecule has 1 aromatic carbocycles. The van der Waals surface area contributed by atoms with Crippen molar-refractivity contribution in [2.24, 2.45) is 5.92 Å². The molecule has 152 valence electrons. The van der Waals surface area contributed by atoms with Gasteiger partial charge in [-0.1, -0.05) is 12.1 Å². The molecule has 0 radical (unpaired) electrons. The first-order valence-electron chi connectivity index (χ1n) is 9.70. The van der Waals surface area contributed by atoms with Crippen molar-refractivity contribution in [3.8, 4) is 0 Å². The normalized spacial score (nSPS) is 20.7. The average molecular weight is 391 g/mol. The third-order valence-electron chi connectivity index (χ3n) is 5.49. The van der Waals surface area contributed by atoms with Crippen molar-refractivity contribution in [1.82, 2.24) is 15.1 Å². The van der Waals surface area contributed by atoms with Crippen molar-refractivity contribution in [1.29, 1.82) is 0 Å². The van der Waals surface area contributed by atoms with Gasteiger partial charge in [0.2, 0.25) is 5.91 Å². The number of aliphatic carboxylic acids is 1. The van der Waals surface area contributed by atoms with Gasteiger partial charge in [0.1, 0.15) is 5.82 Å². The summed E-state index contributed by atoms with van der Waals surface area (Å²) in [6, 6.07) is 2.70. The van der Waals surface area contributed by atoms with Gasteiger partial charge >= 0.3 is 12.0 Å². The van der Waals surface area contributed by atoms with Crippen molar-refractivity contribution in [2.45, 2.75) is 38.6 Å². The molecule has 0 bridgehead atoms. The molecule has 2 N–H and O–H groups in total. The van der Waals surface area contributed by atoms with Crippen LogP contribution in [-0.2, 0) is 9.59 Å². The van der Waals surface area contributed by atoms with Gasteiger partial charge in [-0.25, -0.2) is 14.0 Å². The van der Waals surface area contributed by atoms with Crippen LogP contribution in [0, 0.1) is 18.7 Å². The van der Waals surface area contributed by atoms with Crippen molar-refractivity contribution in [3.05, 3.63) is 35.1 Å². The highest BCUT2D eigenvalue weighted by atomic mass is 19.1. The van der Waals surface area contributed by atoms with Crippen LogP contribution in [0.3, 0.4) is 0 Å². The quantitative estimate of drug-likeness (QED) is 0.824.